The van der Waals surface area contributed by atoms with Crippen molar-refractivity contribution < 1.29 is 4.79 Å². The van der Waals surface area contributed by atoms with Crippen molar-refractivity contribution in [2.75, 3.05) is 7.05 Å². The van der Waals surface area contributed by atoms with Crippen LogP contribution in [0.4, 0.5) is 0 Å². The highest BCUT2D eigenvalue weighted by Crippen LogP contribution is 2.32. The van der Waals surface area contributed by atoms with Crippen molar-refractivity contribution in [2.45, 2.75) is 26.2 Å². The molecule has 2 N–H and O–H groups in total. The van der Waals surface area contributed by atoms with E-state index in [4.69, 9.17) is 11.6 Å². The van der Waals surface area contributed by atoms with Gasteiger partial charge in [-0.25, -0.2) is 10.4 Å². The first-order valence-corrected chi connectivity index (χ1v) is 5.90. The topological polar surface area (TPSA) is 54.0 Å². The number of halogens is 1. The van der Waals surface area contributed by atoms with Gasteiger partial charge in [0.05, 0.1) is 5.41 Å². The van der Waals surface area contributed by atoms with Crippen LogP contribution in [0.2, 0.25) is 5.15 Å². The monoisotopic (exact) mass is 255 g/mol. The van der Waals surface area contributed by atoms with E-state index >= 15 is 0 Å². The van der Waals surface area contributed by atoms with Gasteiger partial charge in [-0.3, -0.25) is 10.2 Å². The summed E-state index contributed by atoms with van der Waals surface area (Å²) in [6.45, 7) is 5.91. The lowest BCUT2D eigenvalue weighted by Gasteiger charge is -2.32. The quantitative estimate of drug-likeness (QED) is 0.638. The fourth-order valence-electron chi connectivity index (χ4n) is 1.70. The molecule has 0 aliphatic rings. The van der Waals surface area contributed by atoms with Gasteiger partial charge in [-0.05, 0) is 30.5 Å². The zero-order valence-corrected chi connectivity index (χ0v) is 11.3. The summed E-state index contributed by atoms with van der Waals surface area (Å²) in [5.41, 5.74) is 5.52. The summed E-state index contributed by atoms with van der Waals surface area (Å²) in [6, 6.07) is 3.55. The first kappa shape index (κ1) is 13.9. The molecule has 94 valence electrons. The minimum absolute atomic E-state index is 0.0859. The van der Waals surface area contributed by atoms with Crippen LogP contribution >= 0.6 is 11.6 Å². The minimum atomic E-state index is -0.643. The van der Waals surface area contributed by atoms with E-state index in [1.807, 2.05) is 26.8 Å². The molecule has 1 heterocycles. The lowest BCUT2D eigenvalue weighted by atomic mass is 9.73. The molecule has 1 unspecified atom stereocenters. The van der Waals surface area contributed by atoms with E-state index in [9.17, 15) is 4.79 Å². The van der Waals surface area contributed by atoms with Crippen LogP contribution in [-0.4, -0.2) is 17.9 Å². The molecule has 0 radical (unpaired) electrons. The number of rotatable bonds is 4. The van der Waals surface area contributed by atoms with Crippen molar-refractivity contribution in [3.63, 3.8) is 0 Å². The molecule has 0 saturated heterocycles. The van der Waals surface area contributed by atoms with Gasteiger partial charge in [-0.2, -0.15) is 0 Å². The molecule has 1 amide bonds. The average molecular weight is 256 g/mol. The summed E-state index contributed by atoms with van der Waals surface area (Å²) in [7, 11) is 1.66. The lowest BCUT2D eigenvalue weighted by Crippen LogP contribution is -2.49. The van der Waals surface area contributed by atoms with Crippen molar-refractivity contribution in [3.8, 4) is 0 Å². The highest BCUT2D eigenvalue weighted by molar-refractivity contribution is 6.29. The van der Waals surface area contributed by atoms with Gasteiger partial charge in [-0.1, -0.05) is 25.4 Å². The van der Waals surface area contributed by atoms with E-state index in [2.05, 4.69) is 15.8 Å². The van der Waals surface area contributed by atoms with E-state index in [1.54, 1.807) is 19.3 Å². The number of amides is 1. The molecule has 0 fully saturated rings. The average Bonchev–Trinajstić information content (AvgIpc) is 2.27. The Kier molecular flexibility index (Phi) is 4.48. The Hall–Kier alpha value is -1.13. The summed E-state index contributed by atoms with van der Waals surface area (Å²) < 4.78 is 0. The predicted molar refractivity (Wildman–Crippen MR) is 68.6 cm³/mol. The maximum absolute atomic E-state index is 12.2. The van der Waals surface area contributed by atoms with Crippen molar-refractivity contribution in [1.82, 2.24) is 15.8 Å². The van der Waals surface area contributed by atoms with E-state index in [0.29, 0.717) is 5.15 Å². The summed E-state index contributed by atoms with van der Waals surface area (Å²) in [4.78, 5) is 16.1. The van der Waals surface area contributed by atoms with Crippen molar-refractivity contribution in [1.29, 1.82) is 0 Å². The van der Waals surface area contributed by atoms with Gasteiger partial charge in [0.1, 0.15) is 5.15 Å². The van der Waals surface area contributed by atoms with Gasteiger partial charge >= 0.3 is 0 Å². The summed E-state index contributed by atoms with van der Waals surface area (Å²) in [6.07, 6.45) is 1.62. The number of pyridine rings is 1. The smallest absolute Gasteiger partial charge is 0.244 e. The third-order valence-corrected chi connectivity index (χ3v) is 3.40. The third kappa shape index (κ3) is 2.76. The van der Waals surface area contributed by atoms with Crippen molar-refractivity contribution in [2.24, 2.45) is 5.92 Å². The number of carbonyl (C=O) groups is 1. The second kappa shape index (κ2) is 5.47. The maximum atomic E-state index is 12.2. The Morgan fingerprint density at radius 3 is 2.65 bits per heavy atom. The van der Waals surface area contributed by atoms with E-state index in [-0.39, 0.29) is 11.8 Å². The Morgan fingerprint density at radius 2 is 2.18 bits per heavy atom. The molecule has 0 saturated carbocycles. The molecular formula is C12H18ClN3O. The van der Waals surface area contributed by atoms with Crippen LogP contribution in [0, 0.1) is 5.92 Å². The van der Waals surface area contributed by atoms with Crippen LogP contribution < -0.4 is 10.9 Å². The van der Waals surface area contributed by atoms with E-state index in [0.717, 1.165) is 5.56 Å². The van der Waals surface area contributed by atoms with Crippen LogP contribution in [0.5, 0.6) is 0 Å². The Balaban J connectivity index is 3.20. The van der Waals surface area contributed by atoms with Crippen LogP contribution in [-0.2, 0) is 10.2 Å². The number of hydrogen-bond donors (Lipinski definition) is 2. The van der Waals surface area contributed by atoms with Crippen LogP contribution in [0.15, 0.2) is 18.3 Å². The molecule has 0 aliphatic carbocycles. The summed E-state index contributed by atoms with van der Waals surface area (Å²) >= 11 is 5.88. The standard InChI is InChI=1S/C12H18ClN3O/c1-8(2)12(3,11(17)16-14-4)9-5-6-15-10(13)7-9/h5-8,14H,1-4H3,(H,16,17). The van der Waals surface area contributed by atoms with Crippen molar-refractivity contribution in [3.05, 3.63) is 29.0 Å². The first-order chi connectivity index (χ1) is 7.92. The van der Waals surface area contributed by atoms with Crippen molar-refractivity contribution >= 4 is 17.5 Å². The molecule has 1 atom stereocenters. The SMILES string of the molecule is CNNC(=O)C(C)(c1ccnc(Cl)c1)C(C)C. The fraction of sp³-hybridized carbons (Fsp3) is 0.500. The summed E-state index contributed by atoms with van der Waals surface area (Å²) in [5, 5.41) is 0.395. The fourth-order valence-corrected chi connectivity index (χ4v) is 1.87. The second-order valence-electron chi connectivity index (χ2n) is 4.43. The Labute approximate surface area is 107 Å². The maximum Gasteiger partial charge on any atom is 0.244 e. The second-order valence-corrected chi connectivity index (χ2v) is 4.82. The highest BCUT2D eigenvalue weighted by Gasteiger charge is 2.38. The largest absolute Gasteiger partial charge is 0.291 e. The molecule has 0 bridgehead atoms. The highest BCUT2D eigenvalue weighted by atomic mass is 35.5. The van der Waals surface area contributed by atoms with Gasteiger partial charge in [0.2, 0.25) is 5.91 Å². The third-order valence-electron chi connectivity index (χ3n) is 3.19. The number of nitrogens with zero attached hydrogens (tertiary/aromatic N) is 1. The number of hydrazine groups is 1. The molecule has 0 aromatic carbocycles. The van der Waals surface area contributed by atoms with Gasteiger partial charge in [-0.15, -0.1) is 0 Å². The molecule has 0 spiro atoms. The Morgan fingerprint density at radius 1 is 1.53 bits per heavy atom. The molecule has 5 heteroatoms. The summed E-state index contributed by atoms with van der Waals surface area (Å²) in [5.74, 6) is 0.0478. The Bertz CT molecular complexity index is 408. The van der Waals surface area contributed by atoms with E-state index in [1.165, 1.54) is 0 Å². The molecule has 4 nitrogen and oxygen atoms in total. The first-order valence-electron chi connectivity index (χ1n) is 5.52. The molecule has 17 heavy (non-hydrogen) atoms. The van der Waals surface area contributed by atoms with Crippen LogP contribution in [0.3, 0.4) is 0 Å². The van der Waals surface area contributed by atoms with Crippen LogP contribution in [0.25, 0.3) is 0 Å². The zero-order valence-electron chi connectivity index (χ0n) is 10.5. The number of carbonyl (C=O) groups excluding carboxylic acids is 1. The number of nitrogens with one attached hydrogen (secondary N) is 2. The molecule has 1 rings (SSSR count). The normalized spacial score (nSPS) is 14.5. The van der Waals surface area contributed by atoms with E-state index < -0.39 is 5.41 Å². The van der Waals surface area contributed by atoms with Gasteiger partial charge in [0, 0.05) is 13.2 Å². The number of hydrogen-bond acceptors (Lipinski definition) is 3. The van der Waals surface area contributed by atoms with Gasteiger partial charge < -0.3 is 0 Å². The molecule has 1 aromatic rings. The molecule has 1 aromatic heterocycles. The van der Waals surface area contributed by atoms with Gasteiger partial charge in [0.15, 0.2) is 0 Å². The van der Waals surface area contributed by atoms with Crippen LogP contribution in [0.1, 0.15) is 26.3 Å². The lowest BCUT2D eigenvalue weighted by molar-refractivity contribution is -0.128. The number of aromatic nitrogens is 1. The zero-order chi connectivity index (χ0) is 13.1. The molecule has 0 aliphatic heterocycles. The minimum Gasteiger partial charge on any atom is -0.291 e. The molecular weight excluding hydrogens is 238 g/mol. The predicted octanol–water partition coefficient (Wildman–Crippen LogP) is 1.90. The van der Waals surface area contributed by atoms with Gasteiger partial charge in [0.25, 0.3) is 0 Å².